The van der Waals surface area contributed by atoms with Crippen molar-refractivity contribution in [2.45, 2.75) is 0 Å². The Hall–Kier alpha value is -5.66. The fourth-order valence-electron chi connectivity index (χ4n) is 6.57. The van der Waals surface area contributed by atoms with Crippen LogP contribution in [0.2, 0.25) is 0 Å². The Balaban J connectivity index is 1.42. The van der Waals surface area contributed by atoms with E-state index in [-0.39, 0.29) is 0 Å². The van der Waals surface area contributed by atoms with Crippen molar-refractivity contribution in [3.05, 3.63) is 164 Å². The molecule has 0 aromatic heterocycles. The monoisotopic (exact) mass is 562 g/mol. The Morgan fingerprint density at radius 1 is 0.318 bits per heavy atom. The van der Waals surface area contributed by atoms with Gasteiger partial charge in [0.15, 0.2) is 0 Å². The molecule has 208 valence electrons. The summed E-state index contributed by atoms with van der Waals surface area (Å²) in [6, 6.07) is 59.2. The average Bonchev–Trinajstić information content (AvgIpc) is 3.10. The Morgan fingerprint density at radius 2 is 0.818 bits per heavy atom. The molecule has 1 heteroatoms. The largest absolute Gasteiger partial charge is 0.497 e. The van der Waals surface area contributed by atoms with Crippen LogP contribution in [0.15, 0.2) is 164 Å². The van der Waals surface area contributed by atoms with Gasteiger partial charge in [0.25, 0.3) is 0 Å². The van der Waals surface area contributed by atoms with Crippen LogP contribution in [0.5, 0.6) is 5.75 Å². The highest BCUT2D eigenvalue weighted by atomic mass is 16.5. The van der Waals surface area contributed by atoms with E-state index in [1.54, 1.807) is 7.11 Å². The Kier molecular flexibility index (Phi) is 6.43. The smallest absolute Gasteiger partial charge is 0.118 e. The molecular formula is C43H30O. The van der Waals surface area contributed by atoms with Crippen LogP contribution in [0.1, 0.15) is 0 Å². The van der Waals surface area contributed by atoms with E-state index < -0.39 is 0 Å². The van der Waals surface area contributed by atoms with Gasteiger partial charge in [-0.05, 0) is 101 Å². The Labute approximate surface area is 257 Å². The van der Waals surface area contributed by atoms with Gasteiger partial charge in [-0.1, -0.05) is 140 Å². The van der Waals surface area contributed by atoms with Gasteiger partial charge in [0.1, 0.15) is 5.75 Å². The lowest BCUT2D eigenvalue weighted by atomic mass is 9.84. The molecule has 0 unspecified atom stereocenters. The molecule has 0 aliphatic rings. The zero-order chi connectivity index (χ0) is 29.5. The predicted molar refractivity (Wildman–Crippen MR) is 187 cm³/mol. The summed E-state index contributed by atoms with van der Waals surface area (Å²) in [4.78, 5) is 0. The molecule has 8 aromatic carbocycles. The van der Waals surface area contributed by atoms with Gasteiger partial charge >= 0.3 is 0 Å². The molecule has 0 spiro atoms. The molecule has 8 aromatic rings. The maximum absolute atomic E-state index is 5.44. The molecule has 44 heavy (non-hydrogen) atoms. The van der Waals surface area contributed by atoms with Gasteiger partial charge in [-0.15, -0.1) is 0 Å². The summed E-state index contributed by atoms with van der Waals surface area (Å²) in [5.41, 5.74) is 9.76. The average molecular weight is 563 g/mol. The van der Waals surface area contributed by atoms with Crippen molar-refractivity contribution < 1.29 is 4.74 Å². The van der Waals surface area contributed by atoms with Gasteiger partial charge in [-0.2, -0.15) is 0 Å². The molecule has 0 aliphatic carbocycles. The Bertz CT molecular complexity index is 2280. The molecule has 0 heterocycles. The summed E-state index contributed by atoms with van der Waals surface area (Å²) in [5.74, 6) is 0.860. The van der Waals surface area contributed by atoms with Crippen LogP contribution in [0.25, 0.3) is 76.8 Å². The quantitative estimate of drug-likeness (QED) is 0.190. The second kappa shape index (κ2) is 10.9. The molecule has 0 saturated carbocycles. The van der Waals surface area contributed by atoms with E-state index in [1.807, 2.05) is 12.1 Å². The summed E-state index contributed by atoms with van der Waals surface area (Å²) in [6.07, 6.45) is 0. The van der Waals surface area contributed by atoms with Gasteiger partial charge in [-0.25, -0.2) is 0 Å². The summed E-state index contributed by atoms with van der Waals surface area (Å²) in [7, 11) is 1.71. The minimum Gasteiger partial charge on any atom is -0.497 e. The number of hydrogen-bond donors (Lipinski definition) is 0. The Morgan fingerprint density at radius 3 is 1.55 bits per heavy atom. The zero-order valence-corrected chi connectivity index (χ0v) is 24.5. The van der Waals surface area contributed by atoms with Crippen LogP contribution >= 0.6 is 0 Å². The van der Waals surface area contributed by atoms with Gasteiger partial charge in [0.05, 0.1) is 7.11 Å². The molecule has 0 amide bonds. The fraction of sp³-hybridized carbons (Fsp3) is 0.0233. The van der Waals surface area contributed by atoms with Crippen LogP contribution in [0, 0.1) is 0 Å². The van der Waals surface area contributed by atoms with Crippen LogP contribution in [0.4, 0.5) is 0 Å². The number of hydrogen-bond acceptors (Lipinski definition) is 1. The summed E-state index contributed by atoms with van der Waals surface area (Å²) < 4.78 is 5.44. The second-order valence-corrected chi connectivity index (χ2v) is 11.3. The van der Waals surface area contributed by atoms with Crippen molar-refractivity contribution in [1.29, 1.82) is 0 Å². The SMILES string of the molecule is COc1ccc(-c2ccc3c(-c4ccc5ccccc5c4)c4ccccc4c(-c4ccc(-c5ccccc5)cc4)c3c2)cc1. The molecule has 1 nitrogen and oxygen atoms in total. The number of benzene rings is 8. The van der Waals surface area contributed by atoms with Gasteiger partial charge < -0.3 is 4.74 Å². The molecule has 0 radical (unpaired) electrons. The van der Waals surface area contributed by atoms with Gasteiger partial charge in [0.2, 0.25) is 0 Å². The van der Waals surface area contributed by atoms with E-state index in [4.69, 9.17) is 4.74 Å². The van der Waals surface area contributed by atoms with Crippen LogP contribution in [-0.2, 0) is 0 Å². The highest BCUT2D eigenvalue weighted by molar-refractivity contribution is 6.22. The molecule has 0 fully saturated rings. The van der Waals surface area contributed by atoms with Crippen molar-refractivity contribution in [3.63, 3.8) is 0 Å². The van der Waals surface area contributed by atoms with Crippen LogP contribution < -0.4 is 4.74 Å². The van der Waals surface area contributed by atoms with Crippen LogP contribution in [0.3, 0.4) is 0 Å². The molecule has 0 N–H and O–H groups in total. The van der Waals surface area contributed by atoms with Crippen molar-refractivity contribution in [1.82, 2.24) is 0 Å². The first-order chi connectivity index (χ1) is 21.8. The third kappa shape index (κ3) is 4.51. The summed E-state index contributed by atoms with van der Waals surface area (Å²) in [5, 5.41) is 7.50. The number of rotatable bonds is 5. The molecule has 0 bridgehead atoms. The first-order valence-corrected chi connectivity index (χ1v) is 15.0. The number of methoxy groups -OCH3 is 1. The van der Waals surface area contributed by atoms with E-state index >= 15 is 0 Å². The van der Waals surface area contributed by atoms with Crippen molar-refractivity contribution in [3.8, 4) is 50.3 Å². The lowest BCUT2D eigenvalue weighted by Crippen LogP contribution is -1.92. The second-order valence-electron chi connectivity index (χ2n) is 11.3. The molecular weight excluding hydrogens is 532 g/mol. The van der Waals surface area contributed by atoms with E-state index in [0.29, 0.717) is 0 Å². The van der Waals surface area contributed by atoms with E-state index in [1.165, 1.54) is 76.8 Å². The van der Waals surface area contributed by atoms with Gasteiger partial charge in [0, 0.05) is 0 Å². The van der Waals surface area contributed by atoms with Gasteiger partial charge in [-0.3, -0.25) is 0 Å². The molecule has 8 rings (SSSR count). The van der Waals surface area contributed by atoms with E-state index in [0.717, 1.165) is 5.75 Å². The first kappa shape index (κ1) is 26.0. The third-order valence-electron chi connectivity index (χ3n) is 8.77. The number of ether oxygens (including phenoxy) is 1. The summed E-state index contributed by atoms with van der Waals surface area (Å²) >= 11 is 0. The predicted octanol–water partition coefficient (Wildman–Crippen LogP) is 11.8. The minimum absolute atomic E-state index is 0.860. The number of fused-ring (bicyclic) bond motifs is 3. The molecule has 0 atom stereocenters. The minimum atomic E-state index is 0.860. The van der Waals surface area contributed by atoms with Crippen molar-refractivity contribution in [2.75, 3.05) is 7.11 Å². The van der Waals surface area contributed by atoms with Crippen molar-refractivity contribution >= 4 is 32.3 Å². The highest BCUT2D eigenvalue weighted by Gasteiger charge is 2.18. The maximum Gasteiger partial charge on any atom is 0.118 e. The zero-order valence-electron chi connectivity index (χ0n) is 24.5. The first-order valence-electron chi connectivity index (χ1n) is 15.0. The third-order valence-corrected chi connectivity index (χ3v) is 8.77. The molecule has 0 saturated heterocycles. The maximum atomic E-state index is 5.44. The lowest BCUT2D eigenvalue weighted by Gasteiger charge is -2.19. The van der Waals surface area contributed by atoms with Crippen LogP contribution in [-0.4, -0.2) is 7.11 Å². The van der Waals surface area contributed by atoms with E-state index in [9.17, 15) is 0 Å². The van der Waals surface area contributed by atoms with Crippen molar-refractivity contribution in [2.24, 2.45) is 0 Å². The topological polar surface area (TPSA) is 9.23 Å². The normalized spacial score (nSPS) is 11.3. The standard InChI is InChI=1S/C43H30O/c1-44-37-24-21-32(22-25-37)35-23-26-40-41(28-35)42(33-18-15-31(16-19-33)29-9-3-2-4-10-29)38-13-7-8-14-39(38)43(40)36-20-17-30-11-5-6-12-34(30)27-36/h2-28H,1H3. The fourth-order valence-corrected chi connectivity index (χ4v) is 6.57. The summed E-state index contributed by atoms with van der Waals surface area (Å²) in [6.45, 7) is 0. The van der Waals surface area contributed by atoms with E-state index in [2.05, 4.69) is 152 Å². The lowest BCUT2D eigenvalue weighted by molar-refractivity contribution is 0.415. The molecule has 0 aliphatic heterocycles. The highest BCUT2D eigenvalue weighted by Crippen LogP contribution is 2.45.